The number of nitrogens with zero attached hydrogens (tertiary/aromatic N) is 1. The molecule has 5 N–H and O–H groups in total. The summed E-state index contributed by atoms with van der Waals surface area (Å²) in [5.74, 6) is -1.78. The Morgan fingerprint density at radius 2 is 1.95 bits per heavy atom. The lowest BCUT2D eigenvalue weighted by molar-refractivity contribution is -0.139. The van der Waals surface area contributed by atoms with E-state index in [1.165, 1.54) is 0 Å². The van der Waals surface area contributed by atoms with Crippen molar-refractivity contribution in [3.63, 3.8) is 0 Å². The zero-order valence-electron chi connectivity index (χ0n) is 12.5. The van der Waals surface area contributed by atoms with Gasteiger partial charge in [-0.15, -0.1) is 0 Å². The summed E-state index contributed by atoms with van der Waals surface area (Å²) in [7, 11) is 3.93. The van der Waals surface area contributed by atoms with Gasteiger partial charge in [0.1, 0.15) is 6.04 Å². The topological polar surface area (TPSA) is 125 Å². The van der Waals surface area contributed by atoms with Crippen LogP contribution in [0.2, 0.25) is 0 Å². The maximum atomic E-state index is 11.8. The van der Waals surface area contributed by atoms with Gasteiger partial charge < -0.3 is 26.4 Å². The van der Waals surface area contributed by atoms with Gasteiger partial charge in [0.15, 0.2) is 0 Å². The number of aliphatic carboxylic acids is 1. The Morgan fingerprint density at radius 1 is 1.33 bits per heavy atom. The predicted molar refractivity (Wildman–Crippen MR) is 76.7 cm³/mol. The molecule has 1 rings (SSSR count). The fourth-order valence-electron chi connectivity index (χ4n) is 2.37. The molecule has 0 aromatic heterocycles. The molecule has 0 saturated heterocycles. The number of nitrogens with two attached hydrogens (primary N) is 1. The van der Waals surface area contributed by atoms with Gasteiger partial charge in [0, 0.05) is 18.5 Å². The van der Waals surface area contributed by atoms with Gasteiger partial charge in [-0.2, -0.15) is 0 Å². The molecule has 0 spiro atoms. The normalized spacial score (nSPS) is 17.7. The number of rotatable bonds is 8. The molecule has 1 atom stereocenters. The van der Waals surface area contributed by atoms with E-state index >= 15 is 0 Å². The van der Waals surface area contributed by atoms with Crippen LogP contribution < -0.4 is 16.4 Å². The van der Waals surface area contributed by atoms with E-state index in [-0.39, 0.29) is 18.4 Å². The molecule has 0 aliphatic heterocycles. The number of primary amides is 1. The highest BCUT2D eigenvalue weighted by molar-refractivity contribution is 5.83. The van der Waals surface area contributed by atoms with E-state index in [1.807, 2.05) is 14.1 Å². The summed E-state index contributed by atoms with van der Waals surface area (Å²) in [6.45, 7) is 0.466. The van der Waals surface area contributed by atoms with Crippen molar-refractivity contribution >= 4 is 17.9 Å². The molecular formula is C13H24N4O4. The maximum Gasteiger partial charge on any atom is 0.326 e. The first-order valence-electron chi connectivity index (χ1n) is 7.00. The molecule has 1 aliphatic carbocycles. The second-order valence-corrected chi connectivity index (χ2v) is 5.70. The first-order chi connectivity index (χ1) is 9.77. The lowest BCUT2D eigenvalue weighted by Gasteiger charge is -2.47. The Bertz CT molecular complexity index is 407. The van der Waals surface area contributed by atoms with E-state index in [0.29, 0.717) is 6.54 Å². The van der Waals surface area contributed by atoms with Crippen molar-refractivity contribution in [1.82, 2.24) is 15.5 Å². The van der Waals surface area contributed by atoms with Crippen LogP contribution in [0.15, 0.2) is 0 Å². The number of carboxylic acid groups (broad SMARTS) is 1. The van der Waals surface area contributed by atoms with Gasteiger partial charge >= 0.3 is 12.0 Å². The molecule has 0 bridgehead atoms. The number of carbonyl (C=O) groups is 3. The summed E-state index contributed by atoms with van der Waals surface area (Å²) in [5.41, 5.74) is 4.94. The average molecular weight is 300 g/mol. The zero-order valence-corrected chi connectivity index (χ0v) is 12.5. The summed E-state index contributed by atoms with van der Waals surface area (Å²) in [6.07, 6.45) is 3.03. The minimum atomic E-state index is -1.18. The van der Waals surface area contributed by atoms with Crippen molar-refractivity contribution in [2.75, 3.05) is 20.6 Å². The van der Waals surface area contributed by atoms with Crippen LogP contribution in [0.5, 0.6) is 0 Å². The Hall–Kier alpha value is -1.83. The molecule has 1 fully saturated rings. The van der Waals surface area contributed by atoms with Crippen molar-refractivity contribution in [3.8, 4) is 0 Å². The third-order valence-electron chi connectivity index (χ3n) is 4.09. The van der Waals surface area contributed by atoms with Crippen LogP contribution in [0.25, 0.3) is 0 Å². The van der Waals surface area contributed by atoms with Crippen LogP contribution in [0, 0.1) is 0 Å². The van der Waals surface area contributed by atoms with Gasteiger partial charge in [-0.05, 0) is 39.8 Å². The standard InChI is InChI=1S/C13H24N4O4/c1-17(2)13(6-3-7-13)8-15-12(21)16-9(11(19)20)4-5-10(14)18/h9H,3-8H2,1-2H3,(H2,14,18)(H,19,20)(H2,15,16,21)/t9-/m1/s1. The van der Waals surface area contributed by atoms with E-state index in [2.05, 4.69) is 15.5 Å². The molecule has 21 heavy (non-hydrogen) atoms. The fraction of sp³-hybridized carbons (Fsp3) is 0.769. The summed E-state index contributed by atoms with van der Waals surface area (Å²) >= 11 is 0. The number of nitrogens with one attached hydrogen (secondary N) is 2. The molecular weight excluding hydrogens is 276 g/mol. The summed E-state index contributed by atoms with van der Waals surface area (Å²) in [5, 5.41) is 14.1. The number of urea groups is 1. The number of amides is 3. The van der Waals surface area contributed by atoms with E-state index < -0.39 is 23.9 Å². The van der Waals surface area contributed by atoms with Crippen molar-refractivity contribution in [2.45, 2.75) is 43.7 Å². The first kappa shape index (κ1) is 17.2. The number of likely N-dealkylation sites (N-methyl/N-ethyl adjacent to an activating group) is 1. The van der Waals surface area contributed by atoms with Crippen LogP contribution in [0.4, 0.5) is 4.79 Å². The average Bonchev–Trinajstić information content (AvgIpc) is 2.31. The Balaban J connectivity index is 2.43. The SMILES string of the molecule is CN(C)C1(CNC(=O)N[C@H](CCC(N)=O)C(=O)O)CCC1. The molecule has 0 aromatic rings. The van der Waals surface area contributed by atoms with Gasteiger partial charge in [0.05, 0.1) is 0 Å². The number of carbonyl (C=O) groups excluding carboxylic acids is 2. The van der Waals surface area contributed by atoms with Crippen molar-refractivity contribution in [1.29, 1.82) is 0 Å². The lowest BCUT2D eigenvalue weighted by atomic mass is 9.75. The second kappa shape index (κ2) is 7.26. The molecule has 120 valence electrons. The Kier molecular flexibility index (Phi) is 5.95. The van der Waals surface area contributed by atoms with E-state index in [9.17, 15) is 14.4 Å². The smallest absolute Gasteiger partial charge is 0.326 e. The van der Waals surface area contributed by atoms with E-state index in [1.54, 1.807) is 0 Å². The van der Waals surface area contributed by atoms with Crippen LogP contribution in [-0.4, -0.2) is 60.1 Å². The second-order valence-electron chi connectivity index (χ2n) is 5.70. The lowest BCUT2D eigenvalue weighted by Crippen LogP contribution is -2.59. The molecule has 1 saturated carbocycles. The molecule has 8 nitrogen and oxygen atoms in total. The molecule has 1 aliphatic rings. The third kappa shape index (κ3) is 4.89. The Morgan fingerprint density at radius 3 is 2.33 bits per heavy atom. The molecule has 0 heterocycles. The van der Waals surface area contributed by atoms with Gasteiger partial charge in [0.25, 0.3) is 0 Å². The molecule has 3 amide bonds. The van der Waals surface area contributed by atoms with E-state index in [0.717, 1.165) is 19.3 Å². The third-order valence-corrected chi connectivity index (χ3v) is 4.09. The molecule has 0 unspecified atom stereocenters. The van der Waals surface area contributed by atoms with Gasteiger partial charge in [-0.1, -0.05) is 0 Å². The van der Waals surface area contributed by atoms with Crippen molar-refractivity contribution < 1.29 is 19.5 Å². The van der Waals surface area contributed by atoms with E-state index in [4.69, 9.17) is 10.8 Å². The van der Waals surface area contributed by atoms with Crippen molar-refractivity contribution in [2.24, 2.45) is 5.73 Å². The molecule has 0 radical (unpaired) electrons. The molecule has 0 aromatic carbocycles. The minimum Gasteiger partial charge on any atom is -0.480 e. The quantitative estimate of drug-likeness (QED) is 0.480. The minimum absolute atomic E-state index is 0.0170. The fourth-order valence-corrected chi connectivity index (χ4v) is 2.37. The highest BCUT2D eigenvalue weighted by atomic mass is 16.4. The number of hydrogen-bond donors (Lipinski definition) is 4. The van der Waals surface area contributed by atoms with Gasteiger partial charge in [0.2, 0.25) is 5.91 Å². The summed E-state index contributed by atoms with van der Waals surface area (Å²) in [6, 6.07) is -1.66. The highest BCUT2D eigenvalue weighted by Crippen LogP contribution is 2.35. The van der Waals surface area contributed by atoms with Gasteiger partial charge in [-0.25, -0.2) is 9.59 Å². The van der Waals surface area contributed by atoms with Crippen LogP contribution in [0.3, 0.4) is 0 Å². The van der Waals surface area contributed by atoms with Gasteiger partial charge in [-0.3, -0.25) is 4.79 Å². The summed E-state index contributed by atoms with van der Waals surface area (Å²) in [4.78, 5) is 35.6. The molecule has 8 heteroatoms. The number of hydrogen-bond acceptors (Lipinski definition) is 4. The highest BCUT2D eigenvalue weighted by Gasteiger charge is 2.39. The first-order valence-corrected chi connectivity index (χ1v) is 7.00. The maximum absolute atomic E-state index is 11.8. The Labute approximate surface area is 124 Å². The predicted octanol–water partition coefficient (Wildman–Crippen LogP) is -0.511. The number of carboxylic acids is 1. The van der Waals surface area contributed by atoms with Crippen LogP contribution >= 0.6 is 0 Å². The zero-order chi connectivity index (χ0) is 16.0. The van der Waals surface area contributed by atoms with Crippen molar-refractivity contribution in [3.05, 3.63) is 0 Å². The van der Waals surface area contributed by atoms with Crippen LogP contribution in [-0.2, 0) is 9.59 Å². The van der Waals surface area contributed by atoms with Crippen LogP contribution in [0.1, 0.15) is 32.1 Å². The largest absolute Gasteiger partial charge is 0.480 e. The monoisotopic (exact) mass is 300 g/mol. The summed E-state index contributed by atoms with van der Waals surface area (Å²) < 4.78 is 0.